The minimum Gasteiger partial charge on any atom is -0.330 e. The van der Waals surface area contributed by atoms with E-state index in [1.165, 1.54) is 12.1 Å². The minimum atomic E-state index is -0.365. The van der Waals surface area contributed by atoms with Crippen molar-refractivity contribution in [2.75, 3.05) is 0 Å². The highest BCUT2D eigenvalue weighted by Gasteiger charge is 2.10. The quantitative estimate of drug-likeness (QED) is 0.640. The van der Waals surface area contributed by atoms with Crippen molar-refractivity contribution in [1.82, 2.24) is 9.55 Å². The first-order valence-corrected chi connectivity index (χ1v) is 6.52. The van der Waals surface area contributed by atoms with Gasteiger partial charge in [0, 0.05) is 0 Å². The van der Waals surface area contributed by atoms with Crippen LogP contribution in [-0.2, 0) is 0 Å². The van der Waals surface area contributed by atoms with Crippen LogP contribution in [0.15, 0.2) is 36.4 Å². The fraction of sp³-hybridized carbons (Fsp3) is 0.0714. The molecule has 0 aliphatic heterocycles. The summed E-state index contributed by atoms with van der Waals surface area (Å²) in [6.07, 6.45) is 0. The molecule has 1 aromatic heterocycles. The number of hydrogen-bond acceptors (Lipinski definition) is 1. The number of rotatable bonds is 1. The second-order valence-corrected chi connectivity index (χ2v) is 5.18. The van der Waals surface area contributed by atoms with Gasteiger partial charge in [0.15, 0.2) is 4.77 Å². The van der Waals surface area contributed by atoms with Gasteiger partial charge in [0.2, 0.25) is 0 Å². The lowest BCUT2D eigenvalue weighted by atomic mass is 10.2. The molecule has 0 atom stereocenters. The predicted molar refractivity (Wildman–Crippen MR) is 78.2 cm³/mol. The van der Waals surface area contributed by atoms with Gasteiger partial charge in [0.1, 0.15) is 5.82 Å². The lowest BCUT2D eigenvalue weighted by Gasteiger charge is -2.07. The molecule has 0 saturated heterocycles. The van der Waals surface area contributed by atoms with Crippen LogP contribution in [0, 0.1) is 17.5 Å². The molecule has 0 radical (unpaired) electrons. The van der Waals surface area contributed by atoms with Gasteiger partial charge in [-0.1, -0.05) is 17.7 Å². The molecule has 0 aliphatic carbocycles. The van der Waals surface area contributed by atoms with Crippen molar-refractivity contribution in [2.45, 2.75) is 6.92 Å². The van der Waals surface area contributed by atoms with Crippen molar-refractivity contribution >= 4 is 34.9 Å². The van der Waals surface area contributed by atoms with Gasteiger partial charge >= 0.3 is 0 Å². The Bertz CT molecular complexity index is 835. The van der Waals surface area contributed by atoms with Gasteiger partial charge in [-0.25, -0.2) is 4.39 Å². The highest BCUT2D eigenvalue weighted by Crippen LogP contribution is 2.26. The van der Waals surface area contributed by atoms with Gasteiger partial charge in [-0.15, -0.1) is 0 Å². The molecule has 1 N–H and O–H groups in total. The molecule has 3 aromatic rings. The van der Waals surface area contributed by atoms with E-state index in [4.69, 9.17) is 23.8 Å². The summed E-state index contributed by atoms with van der Waals surface area (Å²) >= 11 is 11.4. The Hall–Kier alpha value is -1.65. The molecule has 19 heavy (non-hydrogen) atoms. The summed E-state index contributed by atoms with van der Waals surface area (Å²) in [5, 5.41) is 0.332. The lowest BCUT2D eigenvalue weighted by molar-refractivity contribution is 0.627. The van der Waals surface area contributed by atoms with Gasteiger partial charge in [0.05, 0.1) is 21.7 Å². The standard InChI is InChI=1S/C14H10ClFN2S/c1-8-2-4-11-13(6-8)18(14(19)17-11)12-5-3-9(16)7-10(12)15/h2-7H,1H3,(H,17,19). The van der Waals surface area contributed by atoms with E-state index in [2.05, 4.69) is 4.98 Å². The molecule has 2 aromatic carbocycles. The summed E-state index contributed by atoms with van der Waals surface area (Å²) in [5.41, 5.74) is 3.65. The second kappa shape index (κ2) is 4.47. The van der Waals surface area contributed by atoms with E-state index >= 15 is 0 Å². The molecule has 1 heterocycles. The van der Waals surface area contributed by atoms with Crippen LogP contribution in [-0.4, -0.2) is 9.55 Å². The molecular weight excluding hydrogens is 283 g/mol. The van der Waals surface area contributed by atoms with Crippen LogP contribution in [0.2, 0.25) is 5.02 Å². The third kappa shape index (κ3) is 2.07. The van der Waals surface area contributed by atoms with E-state index in [9.17, 15) is 4.39 Å². The Morgan fingerprint density at radius 2 is 2.00 bits per heavy atom. The Morgan fingerprint density at radius 3 is 2.74 bits per heavy atom. The summed E-state index contributed by atoms with van der Waals surface area (Å²) in [6.45, 7) is 2.01. The van der Waals surface area contributed by atoms with Gasteiger partial charge in [-0.2, -0.15) is 0 Å². The molecule has 0 unspecified atom stereocenters. The van der Waals surface area contributed by atoms with Crippen molar-refractivity contribution < 1.29 is 4.39 Å². The Balaban J connectivity index is 2.38. The highest BCUT2D eigenvalue weighted by molar-refractivity contribution is 7.71. The Morgan fingerprint density at radius 1 is 1.21 bits per heavy atom. The number of halogens is 2. The van der Waals surface area contributed by atoms with Crippen LogP contribution in [0.4, 0.5) is 4.39 Å². The molecule has 0 bridgehead atoms. The van der Waals surface area contributed by atoms with E-state index < -0.39 is 0 Å². The zero-order chi connectivity index (χ0) is 13.6. The average molecular weight is 293 g/mol. The third-order valence-electron chi connectivity index (χ3n) is 2.99. The van der Waals surface area contributed by atoms with Crippen molar-refractivity contribution in [3.63, 3.8) is 0 Å². The molecule has 96 valence electrons. The predicted octanol–water partition coefficient (Wildman–Crippen LogP) is 4.79. The Kier molecular flexibility index (Phi) is 2.92. The molecular formula is C14H10ClFN2S. The topological polar surface area (TPSA) is 20.7 Å². The van der Waals surface area contributed by atoms with Crippen LogP contribution in [0.25, 0.3) is 16.7 Å². The molecule has 0 amide bonds. The SMILES string of the molecule is Cc1ccc2[nH]c(=S)n(-c3ccc(F)cc3Cl)c2c1. The monoisotopic (exact) mass is 292 g/mol. The number of H-pyrrole nitrogens is 1. The summed E-state index contributed by atoms with van der Waals surface area (Å²) in [7, 11) is 0. The normalized spacial score (nSPS) is 11.1. The molecule has 0 spiro atoms. The molecule has 0 saturated carbocycles. The molecule has 3 rings (SSSR count). The van der Waals surface area contributed by atoms with E-state index in [-0.39, 0.29) is 5.82 Å². The summed E-state index contributed by atoms with van der Waals surface area (Å²) in [6, 6.07) is 10.3. The zero-order valence-electron chi connectivity index (χ0n) is 10.1. The molecule has 5 heteroatoms. The highest BCUT2D eigenvalue weighted by atomic mass is 35.5. The first-order valence-electron chi connectivity index (χ1n) is 5.73. The number of nitrogens with zero attached hydrogens (tertiary/aromatic N) is 1. The number of benzene rings is 2. The van der Waals surface area contributed by atoms with Crippen molar-refractivity contribution in [3.05, 3.63) is 57.6 Å². The number of imidazole rings is 1. The van der Waals surface area contributed by atoms with E-state index in [1.54, 1.807) is 6.07 Å². The number of hydrogen-bond donors (Lipinski definition) is 1. The van der Waals surface area contributed by atoms with Gasteiger partial charge in [0.25, 0.3) is 0 Å². The maximum atomic E-state index is 13.1. The van der Waals surface area contributed by atoms with Crippen molar-refractivity contribution in [2.24, 2.45) is 0 Å². The maximum Gasteiger partial charge on any atom is 0.182 e. The largest absolute Gasteiger partial charge is 0.330 e. The molecule has 2 nitrogen and oxygen atoms in total. The van der Waals surface area contributed by atoms with E-state index in [0.29, 0.717) is 15.5 Å². The van der Waals surface area contributed by atoms with Gasteiger partial charge in [-0.05, 0) is 55.0 Å². The number of aryl methyl sites for hydroxylation is 1. The maximum absolute atomic E-state index is 13.1. The summed E-state index contributed by atoms with van der Waals surface area (Å²) < 4.78 is 15.5. The smallest absolute Gasteiger partial charge is 0.182 e. The number of aromatic amines is 1. The fourth-order valence-corrected chi connectivity index (χ4v) is 2.67. The lowest BCUT2D eigenvalue weighted by Crippen LogP contribution is -1.95. The van der Waals surface area contributed by atoms with E-state index in [1.807, 2.05) is 29.7 Å². The summed E-state index contributed by atoms with van der Waals surface area (Å²) in [5.74, 6) is -0.365. The third-order valence-corrected chi connectivity index (χ3v) is 3.58. The minimum absolute atomic E-state index is 0.332. The molecule has 0 aliphatic rings. The summed E-state index contributed by atoms with van der Waals surface area (Å²) in [4.78, 5) is 3.12. The first kappa shape index (κ1) is 12.4. The number of fused-ring (bicyclic) bond motifs is 1. The first-order chi connectivity index (χ1) is 9.06. The van der Waals surface area contributed by atoms with Crippen molar-refractivity contribution in [1.29, 1.82) is 0 Å². The van der Waals surface area contributed by atoms with Crippen LogP contribution >= 0.6 is 23.8 Å². The number of nitrogens with one attached hydrogen (secondary N) is 1. The second-order valence-electron chi connectivity index (χ2n) is 4.38. The Labute approximate surface area is 119 Å². The van der Waals surface area contributed by atoms with Crippen LogP contribution in [0.1, 0.15) is 5.56 Å². The van der Waals surface area contributed by atoms with Crippen LogP contribution in [0.5, 0.6) is 0 Å². The zero-order valence-corrected chi connectivity index (χ0v) is 11.6. The average Bonchev–Trinajstić information content (AvgIpc) is 2.65. The number of aromatic nitrogens is 2. The van der Waals surface area contributed by atoms with E-state index in [0.717, 1.165) is 16.6 Å². The van der Waals surface area contributed by atoms with Gasteiger partial charge < -0.3 is 4.98 Å². The molecule has 0 fully saturated rings. The van der Waals surface area contributed by atoms with Crippen molar-refractivity contribution in [3.8, 4) is 5.69 Å². The fourth-order valence-electron chi connectivity index (χ4n) is 2.11. The van der Waals surface area contributed by atoms with Gasteiger partial charge in [-0.3, -0.25) is 4.57 Å². The van der Waals surface area contributed by atoms with Crippen LogP contribution < -0.4 is 0 Å². The van der Waals surface area contributed by atoms with Crippen LogP contribution in [0.3, 0.4) is 0 Å².